The summed E-state index contributed by atoms with van der Waals surface area (Å²) in [5.74, 6) is -0.136. The van der Waals surface area contributed by atoms with Crippen LogP contribution in [0.5, 0.6) is 0 Å². The van der Waals surface area contributed by atoms with Gasteiger partial charge in [-0.1, -0.05) is 45.7 Å². The molecule has 0 spiro atoms. The van der Waals surface area contributed by atoms with E-state index in [1.165, 1.54) is 17.8 Å². The molecule has 2 aromatic rings. The highest BCUT2D eigenvalue weighted by atomic mass is 79.9. The van der Waals surface area contributed by atoms with Crippen LogP contribution in [0, 0.1) is 5.82 Å². The molecule has 104 valence electrons. The van der Waals surface area contributed by atoms with Crippen LogP contribution in [0.1, 0.15) is 5.56 Å². The van der Waals surface area contributed by atoms with Crippen molar-refractivity contribution in [3.05, 3.63) is 63.3 Å². The summed E-state index contributed by atoms with van der Waals surface area (Å²) >= 11 is 10.7. The molecule has 0 aromatic heterocycles. The van der Waals surface area contributed by atoms with Crippen molar-refractivity contribution < 1.29 is 9.18 Å². The minimum Gasteiger partial charge on any atom is -0.298 e. The standard InChI is InChI=1S/C15H11BrClFOS/c16-11-4-2-5-13(8-11)20-9-12(19)7-10-3-1-6-14(18)15(10)17/h1-6,8H,7,9H2. The van der Waals surface area contributed by atoms with Crippen molar-refractivity contribution in [2.45, 2.75) is 11.3 Å². The van der Waals surface area contributed by atoms with Crippen molar-refractivity contribution in [3.8, 4) is 0 Å². The Morgan fingerprint density at radius 1 is 1.25 bits per heavy atom. The highest BCUT2D eigenvalue weighted by molar-refractivity contribution is 9.10. The molecular weight excluding hydrogens is 363 g/mol. The Bertz CT molecular complexity index is 633. The van der Waals surface area contributed by atoms with Gasteiger partial charge in [0.05, 0.1) is 10.8 Å². The van der Waals surface area contributed by atoms with Crippen LogP contribution in [0.15, 0.2) is 51.8 Å². The van der Waals surface area contributed by atoms with E-state index in [-0.39, 0.29) is 17.2 Å². The lowest BCUT2D eigenvalue weighted by atomic mass is 10.1. The molecule has 2 aromatic carbocycles. The van der Waals surface area contributed by atoms with Gasteiger partial charge in [-0.2, -0.15) is 0 Å². The first-order chi connectivity index (χ1) is 9.56. The largest absolute Gasteiger partial charge is 0.298 e. The van der Waals surface area contributed by atoms with Gasteiger partial charge in [-0.05, 0) is 29.8 Å². The molecule has 0 bridgehead atoms. The highest BCUT2D eigenvalue weighted by Gasteiger charge is 2.10. The SMILES string of the molecule is O=C(CSc1cccc(Br)c1)Cc1cccc(F)c1Cl. The molecule has 0 saturated heterocycles. The molecule has 0 aliphatic rings. The second-order valence-corrected chi connectivity index (χ2v) is 6.52. The van der Waals surface area contributed by atoms with Crippen LogP contribution in [0.4, 0.5) is 4.39 Å². The van der Waals surface area contributed by atoms with Gasteiger partial charge in [-0.15, -0.1) is 11.8 Å². The molecule has 0 N–H and O–H groups in total. The normalized spacial score (nSPS) is 10.6. The Hall–Kier alpha value is -0.840. The third-order valence-electron chi connectivity index (χ3n) is 2.62. The number of carbonyl (C=O) groups is 1. The van der Waals surface area contributed by atoms with Gasteiger partial charge >= 0.3 is 0 Å². The first-order valence-corrected chi connectivity index (χ1v) is 8.05. The van der Waals surface area contributed by atoms with E-state index >= 15 is 0 Å². The van der Waals surface area contributed by atoms with E-state index in [2.05, 4.69) is 15.9 Å². The Morgan fingerprint density at radius 3 is 2.75 bits per heavy atom. The van der Waals surface area contributed by atoms with Crippen LogP contribution < -0.4 is 0 Å². The van der Waals surface area contributed by atoms with Gasteiger partial charge < -0.3 is 0 Å². The summed E-state index contributed by atoms with van der Waals surface area (Å²) in [6.07, 6.45) is 0.150. The van der Waals surface area contributed by atoms with Crippen LogP contribution in [0.2, 0.25) is 5.02 Å². The molecule has 0 unspecified atom stereocenters. The lowest BCUT2D eigenvalue weighted by Crippen LogP contribution is -2.06. The number of thioether (sulfide) groups is 1. The first kappa shape index (κ1) is 15.5. The van der Waals surface area contributed by atoms with Crippen molar-refractivity contribution in [1.29, 1.82) is 0 Å². The summed E-state index contributed by atoms with van der Waals surface area (Å²) in [5.41, 5.74) is 0.534. The van der Waals surface area contributed by atoms with Crippen LogP contribution in [0.3, 0.4) is 0 Å². The maximum atomic E-state index is 13.3. The van der Waals surface area contributed by atoms with E-state index in [1.54, 1.807) is 12.1 Å². The number of carbonyl (C=O) groups excluding carboxylic acids is 1. The van der Waals surface area contributed by atoms with E-state index in [1.807, 2.05) is 24.3 Å². The zero-order valence-corrected chi connectivity index (χ0v) is 13.6. The fourth-order valence-corrected chi connectivity index (χ4v) is 3.23. The van der Waals surface area contributed by atoms with E-state index in [9.17, 15) is 9.18 Å². The Labute approximate surface area is 134 Å². The number of rotatable bonds is 5. The molecule has 0 saturated carbocycles. The predicted octanol–water partition coefficient (Wildman–Crippen LogP) is 5.15. The Balaban J connectivity index is 1.94. The zero-order chi connectivity index (χ0) is 14.5. The van der Waals surface area contributed by atoms with Crippen LogP contribution in [-0.2, 0) is 11.2 Å². The minimum atomic E-state index is -0.489. The summed E-state index contributed by atoms with van der Waals surface area (Å²) in [5, 5.41) is 0.0355. The second kappa shape index (κ2) is 7.25. The van der Waals surface area contributed by atoms with E-state index < -0.39 is 5.82 Å². The smallest absolute Gasteiger partial charge is 0.147 e. The number of benzene rings is 2. The fraction of sp³-hybridized carbons (Fsp3) is 0.133. The van der Waals surface area contributed by atoms with Crippen LogP contribution >= 0.6 is 39.3 Å². The zero-order valence-electron chi connectivity index (χ0n) is 10.4. The van der Waals surface area contributed by atoms with Crippen molar-refractivity contribution in [2.24, 2.45) is 0 Å². The van der Waals surface area contributed by atoms with Crippen LogP contribution in [-0.4, -0.2) is 11.5 Å². The maximum Gasteiger partial charge on any atom is 0.147 e. The molecule has 0 atom stereocenters. The maximum absolute atomic E-state index is 13.3. The van der Waals surface area contributed by atoms with E-state index in [0.29, 0.717) is 11.3 Å². The molecule has 20 heavy (non-hydrogen) atoms. The van der Waals surface area contributed by atoms with Crippen LogP contribution in [0.25, 0.3) is 0 Å². The van der Waals surface area contributed by atoms with E-state index in [0.717, 1.165) is 9.37 Å². The molecule has 1 nitrogen and oxygen atoms in total. The third kappa shape index (κ3) is 4.33. The molecule has 2 rings (SSSR count). The van der Waals surface area contributed by atoms with Gasteiger partial charge in [0.1, 0.15) is 11.6 Å². The summed E-state index contributed by atoms with van der Waals surface area (Å²) in [4.78, 5) is 12.9. The van der Waals surface area contributed by atoms with E-state index in [4.69, 9.17) is 11.6 Å². The molecule has 0 aliphatic carbocycles. The molecular formula is C15H11BrClFOS. The third-order valence-corrected chi connectivity index (χ3v) is 4.59. The average molecular weight is 374 g/mol. The number of ketones is 1. The second-order valence-electron chi connectivity index (χ2n) is 4.17. The fourth-order valence-electron chi connectivity index (χ4n) is 1.67. The number of hydrogen-bond donors (Lipinski definition) is 0. The summed E-state index contributed by atoms with van der Waals surface area (Å²) in [6, 6.07) is 12.3. The van der Waals surface area contributed by atoms with Gasteiger partial charge in [0, 0.05) is 15.8 Å². The highest BCUT2D eigenvalue weighted by Crippen LogP contribution is 2.24. The minimum absolute atomic E-state index is 0.0162. The van der Waals surface area contributed by atoms with Gasteiger partial charge in [-0.25, -0.2) is 4.39 Å². The monoisotopic (exact) mass is 372 g/mol. The van der Waals surface area contributed by atoms with Crippen molar-refractivity contribution in [3.63, 3.8) is 0 Å². The van der Waals surface area contributed by atoms with Crippen molar-refractivity contribution in [2.75, 3.05) is 5.75 Å². The average Bonchev–Trinajstić information content (AvgIpc) is 2.42. The van der Waals surface area contributed by atoms with Gasteiger partial charge in [0.25, 0.3) is 0 Å². The first-order valence-electron chi connectivity index (χ1n) is 5.89. The summed E-state index contributed by atoms with van der Waals surface area (Å²) in [6.45, 7) is 0. The molecule has 0 heterocycles. The van der Waals surface area contributed by atoms with Crippen molar-refractivity contribution in [1.82, 2.24) is 0 Å². The predicted molar refractivity (Wildman–Crippen MR) is 85.0 cm³/mol. The van der Waals surface area contributed by atoms with Gasteiger partial charge in [0.15, 0.2) is 0 Å². The Kier molecular flexibility index (Phi) is 5.64. The van der Waals surface area contributed by atoms with Gasteiger partial charge in [-0.3, -0.25) is 4.79 Å². The summed E-state index contributed by atoms with van der Waals surface area (Å²) < 4.78 is 14.2. The molecule has 0 radical (unpaired) electrons. The lowest BCUT2D eigenvalue weighted by Gasteiger charge is -2.05. The number of Topliss-reactive ketones (excluding diaryl/α,β-unsaturated/α-hetero) is 1. The Morgan fingerprint density at radius 2 is 2.00 bits per heavy atom. The number of halogens is 3. The molecule has 0 fully saturated rings. The topological polar surface area (TPSA) is 17.1 Å². The number of hydrogen-bond acceptors (Lipinski definition) is 2. The summed E-state index contributed by atoms with van der Waals surface area (Å²) in [7, 11) is 0. The molecule has 5 heteroatoms. The van der Waals surface area contributed by atoms with Crippen molar-refractivity contribution >= 4 is 45.1 Å². The quantitative estimate of drug-likeness (QED) is 0.675. The van der Waals surface area contributed by atoms with Gasteiger partial charge in [0.2, 0.25) is 0 Å². The molecule has 0 amide bonds. The molecule has 0 aliphatic heterocycles. The lowest BCUT2D eigenvalue weighted by molar-refractivity contribution is -0.116.